The van der Waals surface area contributed by atoms with E-state index in [0.717, 1.165) is 30.1 Å². The molecule has 0 heterocycles. The van der Waals surface area contributed by atoms with E-state index in [1.54, 1.807) is 16.7 Å². The van der Waals surface area contributed by atoms with E-state index < -0.39 is 0 Å². The van der Waals surface area contributed by atoms with Crippen molar-refractivity contribution in [3.8, 4) is 11.1 Å². The Labute approximate surface area is 196 Å². The summed E-state index contributed by atoms with van der Waals surface area (Å²) in [4.78, 5) is 0. The van der Waals surface area contributed by atoms with Crippen molar-refractivity contribution in [2.45, 2.75) is 43.9 Å². The summed E-state index contributed by atoms with van der Waals surface area (Å²) in [5.41, 5.74) is 9.53. The predicted molar refractivity (Wildman–Crippen MR) is 136 cm³/mol. The van der Waals surface area contributed by atoms with Crippen molar-refractivity contribution < 1.29 is 0 Å². The normalized spacial score (nSPS) is 31.0. The molecule has 0 unspecified atom stereocenters. The van der Waals surface area contributed by atoms with Gasteiger partial charge in [-0.05, 0) is 106 Å². The van der Waals surface area contributed by atoms with Crippen molar-refractivity contribution in [3.05, 3.63) is 107 Å². The fraction of sp³-hybridized carbons (Fsp3) is 0.333. The van der Waals surface area contributed by atoms with Gasteiger partial charge in [-0.1, -0.05) is 84.9 Å². The van der Waals surface area contributed by atoms with Gasteiger partial charge in [-0.2, -0.15) is 0 Å². The highest BCUT2D eigenvalue weighted by Crippen LogP contribution is 2.66. The number of fused-ring (bicyclic) bond motifs is 4. The largest absolute Gasteiger partial charge is 0.0619 e. The van der Waals surface area contributed by atoms with E-state index >= 15 is 0 Å². The Balaban J connectivity index is 1.41. The van der Waals surface area contributed by atoms with Gasteiger partial charge in [0.15, 0.2) is 0 Å². The van der Waals surface area contributed by atoms with Gasteiger partial charge < -0.3 is 0 Å². The SMILES string of the molecule is c1ccc2c(c1)Cc1c-2cccc1C1(c2ccc3ccccc3c2)C2CC3CC(C2)CC1C3. The van der Waals surface area contributed by atoms with Crippen molar-refractivity contribution >= 4 is 10.8 Å². The summed E-state index contributed by atoms with van der Waals surface area (Å²) in [6, 6.07) is 32.8. The van der Waals surface area contributed by atoms with E-state index in [-0.39, 0.29) is 5.41 Å². The Kier molecular flexibility index (Phi) is 3.71. The van der Waals surface area contributed by atoms with Crippen LogP contribution in [0.1, 0.15) is 54.4 Å². The molecule has 5 aliphatic carbocycles. The third-order valence-electron chi connectivity index (χ3n) is 9.95. The second-order valence-electron chi connectivity index (χ2n) is 11.4. The van der Waals surface area contributed by atoms with Crippen molar-refractivity contribution in [2.75, 3.05) is 0 Å². The summed E-state index contributed by atoms with van der Waals surface area (Å²) < 4.78 is 0. The summed E-state index contributed by atoms with van der Waals surface area (Å²) in [5, 5.41) is 2.77. The van der Waals surface area contributed by atoms with Gasteiger partial charge in [0.25, 0.3) is 0 Å². The number of benzene rings is 4. The Morgan fingerprint density at radius 1 is 0.576 bits per heavy atom. The highest BCUT2D eigenvalue weighted by molar-refractivity contribution is 5.84. The molecule has 0 spiro atoms. The fourth-order valence-electron chi connectivity index (χ4n) is 8.99. The topological polar surface area (TPSA) is 0 Å². The zero-order valence-corrected chi connectivity index (χ0v) is 19.1. The lowest BCUT2D eigenvalue weighted by Gasteiger charge is -2.62. The van der Waals surface area contributed by atoms with E-state index in [4.69, 9.17) is 0 Å². The Hall–Kier alpha value is -2.86. The lowest BCUT2D eigenvalue weighted by atomic mass is 9.42. The van der Waals surface area contributed by atoms with Gasteiger partial charge in [0.2, 0.25) is 0 Å². The van der Waals surface area contributed by atoms with Gasteiger partial charge in [0.05, 0.1) is 0 Å². The molecular formula is C33H30. The average Bonchev–Trinajstić information content (AvgIpc) is 3.23. The molecule has 0 nitrogen and oxygen atoms in total. The maximum atomic E-state index is 2.57. The standard InChI is InChI=1S/C33H30/c1-2-7-24-19-26(13-12-23(24)6-1)33(27-15-21-14-22(17-27)18-28(33)16-21)32-11-5-10-30-29-9-4-3-8-25(29)20-31(30)32/h1-13,19,21-22,27-28H,14-18,20H2. The smallest absolute Gasteiger partial charge is 0.0262 e. The summed E-state index contributed by atoms with van der Waals surface area (Å²) in [6.07, 6.45) is 8.31. The molecule has 0 atom stereocenters. The van der Waals surface area contributed by atoms with Crippen LogP contribution in [0.15, 0.2) is 84.9 Å². The molecule has 4 fully saturated rings. The van der Waals surface area contributed by atoms with Crippen molar-refractivity contribution in [1.82, 2.24) is 0 Å². The lowest BCUT2D eigenvalue weighted by Crippen LogP contribution is -2.56. The van der Waals surface area contributed by atoms with Crippen LogP contribution in [0.25, 0.3) is 21.9 Å². The minimum absolute atomic E-state index is 0.171. The monoisotopic (exact) mass is 426 g/mol. The van der Waals surface area contributed by atoms with Crippen LogP contribution in [0.3, 0.4) is 0 Å². The van der Waals surface area contributed by atoms with E-state index in [1.165, 1.54) is 59.6 Å². The first kappa shape index (κ1) is 18.6. The van der Waals surface area contributed by atoms with Crippen LogP contribution in [0.2, 0.25) is 0 Å². The minimum atomic E-state index is 0.171. The van der Waals surface area contributed by atoms with E-state index in [9.17, 15) is 0 Å². The van der Waals surface area contributed by atoms with Gasteiger partial charge >= 0.3 is 0 Å². The van der Waals surface area contributed by atoms with Crippen molar-refractivity contribution in [1.29, 1.82) is 0 Å². The first-order valence-corrected chi connectivity index (χ1v) is 13.0. The summed E-state index contributed by atoms with van der Waals surface area (Å²) in [5.74, 6) is 3.50. The van der Waals surface area contributed by atoms with Crippen LogP contribution in [-0.4, -0.2) is 0 Å². The molecule has 33 heavy (non-hydrogen) atoms. The van der Waals surface area contributed by atoms with Gasteiger partial charge in [0.1, 0.15) is 0 Å². The molecule has 0 N–H and O–H groups in total. The van der Waals surface area contributed by atoms with Crippen LogP contribution in [0, 0.1) is 23.7 Å². The van der Waals surface area contributed by atoms with E-state index in [0.29, 0.717) is 0 Å². The molecule has 0 saturated heterocycles. The molecule has 9 rings (SSSR count). The molecule has 4 aromatic rings. The lowest BCUT2D eigenvalue weighted by molar-refractivity contribution is -0.0420. The Bertz CT molecular complexity index is 1380. The van der Waals surface area contributed by atoms with Crippen LogP contribution >= 0.6 is 0 Å². The summed E-state index contributed by atoms with van der Waals surface area (Å²) in [7, 11) is 0. The van der Waals surface area contributed by atoms with Crippen LogP contribution in [0.5, 0.6) is 0 Å². The second-order valence-corrected chi connectivity index (χ2v) is 11.4. The van der Waals surface area contributed by atoms with Crippen molar-refractivity contribution in [2.24, 2.45) is 23.7 Å². The van der Waals surface area contributed by atoms with E-state index in [1.807, 2.05) is 0 Å². The Morgan fingerprint density at radius 3 is 2.09 bits per heavy atom. The fourth-order valence-corrected chi connectivity index (χ4v) is 8.99. The zero-order chi connectivity index (χ0) is 21.6. The van der Waals surface area contributed by atoms with Gasteiger partial charge in [0, 0.05) is 5.41 Å². The van der Waals surface area contributed by atoms with Crippen LogP contribution in [-0.2, 0) is 11.8 Å². The number of rotatable bonds is 2. The highest BCUT2D eigenvalue weighted by atomic mass is 14.6. The van der Waals surface area contributed by atoms with Gasteiger partial charge in [-0.25, -0.2) is 0 Å². The summed E-state index contributed by atoms with van der Waals surface area (Å²) >= 11 is 0. The van der Waals surface area contributed by atoms with Gasteiger partial charge in [-0.3, -0.25) is 0 Å². The quantitative estimate of drug-likeness (QED) is 0.267. The molecular weight excluding hydrogens is 396 g/mol. The Morgan fingerprint density at radius 2 is 1.27 bits per heavy atom. The summed E-state index contributed by atoms with van der Waals surface area (Å²) in [6.45, 7) is 0. The highest BCUT2D eigenvalue weighted by Gasteiger charge is 2.59. The first-order valence-electron chi connectivity index (χ1n) is 13.0. The first-order chi connectivity index (χ1) is 16.3. The second kappa shape index (κ2) is 6.60. The van der Waals surface area contributed by atoms with Gasteiger partial charge in [-0.15, -0.1) is 0 Å². The average molecular weight is 427 g/mol. The minimum Gasteiger partial charge on any atom is -0.0619 e. The molecule has 0 amide bonds. The van der Waals surface area contributed by atoms with Crippen molar-refractivity contribution in [3.63, 3.8) is 0 Å². The van der Waals surface area contributed by atoms with Crippen LogP contribution in [0.4, 0.5) is 0 Å². The van der Waals surface area contributed by atoms with E-state index in [2.05, 4.69) is 84.9 Å². The molecule has 162 valence electrons. The third-order valence-corrected chi connectivity index (χ3v) is 9.95. The molecule has 0 radical (unpaired) electrons. The predicted octanol–water partition coefficient (Wildman–Crippen LogP) is 8.15. The zero-order valence-electron chi connectivity index (χ0n) is 19.1. The molecule has 4 bridgehead atoms. The third kappa shape index (κ3) is 2.42. The molecule has 4 aromatic carbocycles. The number of hydrogen-bond donors (Lipinski definition) is 0. The van der Waals surface area contributed by atoms with Crippen LogP contribution < -0.4 is 0 Å². The maximum absolute atomic E-state index is 2.57. The molecule has 0 aliphatic heterocycles. The molecule has 5 aliphatic rings. The molecule has 0 heteroatoms. The number of hydrogen-bond acceptors (Lipinski definition) is 0. The maximum Gasteiger partial charge on any atom is 0.0262 e. The molecule has 0 aromatic heterocycles. The molecule has 4 saturated carbocycles.